The maximum Gasteiger partial charge on any atom is 0.416 e. The number of hydrogen-bond donors (Lipinski definition) is 3. The highest BCUT2D eigenvalue weighted by atomic mass is 19.4. The molecule has 0 atom stereocenters. The lowest BCUT2D eigenvalue weighted by Crippen LogP contribution is -2.43. The molecule has 0 bridgehead atoms. The number of amides is 1. The number of nitrogens with one attached hydrogen (secondary N) is 3. The summed E-state index contributed by atoms with van der Waals surface area (Å²) >= 11 is 0. The molecule has 2 heterocycles. The van der Waals surface area contributed by atoms with Crippen molar-refractivity contribution in [2.45, 2.75) is 38.9 Å². The Morgan fingerprint density at radius 1 is 1.27 bits per heavy atom. The zero-order valence-electron chi connectivity index (χ0n) is 16.8. The van der Waals surface area contributed by atoms with Crippen LogP contribution >= 0.6 is 0 Å². The highest BCUT2D eigenvalue weighted by molar-refractivity contribution is 5.92. The van der Waals surface area contributed by atoms with Crippen LogP contribution in [-0.4, -0.2) is 46.5 Å². The summed E-state index contributed by atoms with van der Waals surface area (Å²) in [7, 11) is 0. The van der Waals surface area contributed by atoms with Crippen LogP contribution in [0.15, 0.2) is 29.1 Å². The van der Waals surface area contributed by atoms with Crippen LogP contribution in [0, 0.1) is 13.8 Å². The molecule has 3 N–H and O–H groups in total. The molecule has 0 saturated carbocycles. The highest BCUT2D eigenvalue weighted by Crippen LogP contribution is 2.30. The Hall–Kier alpha value is -2.88. The zero-order chi connectivity index (χ0) is 21.9. The zero-order valence-corrected chi connectivity index (χ0v) is 16.8. The van der Waals surface area contributed by atoms with Crippen LogP contribution in [0.4, 0.5) is 24.8 Å². The Balaban J connectivity index is 1.49. The quantitative estimate of drug-likeness (QED) is 0.688. The molecule has 1 aliphatic heterocycles. The van der Waals surface area contributed by atoms with Gasteiger partial charge in [0.05, 0.1) is 12.1 Å². The number of carbonyl (C=O) groups is 1. The first-order valence-corrected chi connectivity index (χ1v) is 9.65. The highest BCUT2D eigenvalue weighted by Gasteiger charge is 2.30. The second-order valence-electron chi connectivity index (χ2n) is 7.45. The molecule has 1 amide bonds. The summed E-state index contributed by atoms with van der Waals surface area (Å²) in [5, 5.41) is 5.75. The fourth-order valence-corrected chi connectivity index (χ4v) is 3.32. The van der Waals surface area contributed by atoms with Crippen molar-refractivity contribution in [2.75, 3.05) is 30.3 Å². The Morgan fingerprint density at radius 3 is 2.60 bits per heavy atom. The fourth-order valence-electron chi connectivity index (χ4n) is 3.32. The summed E-state index contributed by atoms with van der Waals surface area (Å²) in [6, 6.07) is 4.69. The van der Waals surface area contributed by atoms with E-state index in [1.165, 1.54) is 12.1 Å². The Labute approximate surface area is 171 Å². The third-order valence-corrected chi connectivity index (χ3v) is 5.16. The van der Waals surface area contributed by atoms with Crippen LogP contribution in [0.25, 0.3) is 0 Å². The number of aryl methyl sites for hydroxylation is 1. The molecule has 3 rings (SSSR count). The lowest BCUT2D eigenvalue weighted by atomic mass is 10.1. The van der Waals surface area contributed by atoms with Crippen molar-refractivity contribution >= 4 is 17.5 Å². The molecular formula is C20H24F3N5O2. The maximum absolute atomic E-state index is 12.8. The standard InChI is InChI=1S/C20H24F3N5O2/c1-12-13(2)24-19(27-18(12)30)26-15-6-8-28(9-7-15)11-17(29)25-16-5-3-4-14(10-16)20(21,22)23/h3-5,10,15H,6-9,11H2,1-2H3,(H,25,29)(H2,24,26,27,30). The van der Waals surface area contributed by atoms with E-state index in [1.54, 1.807) is 13.8 Å². The number of nitrogens with zero attached hydrogens (tertiary/aromatic N) is 2. The Kier molecular flexibility index (Phi) is 6.45. The number of likely N-dealkylation sites (tertiary alicyclic amines) is 1. The van der Waals surface area contributed by atoms with Gasteiger partial charge in [-0.15, -0.1) is 0 Å². The first kappa shape index (κ1) is 21.8. The van der Waals surface area contributed by atoms with Crippen LogP contribution in [0.2, 0.25) is 0 Å². The van der Waals surface area contributed by atoms with E-state index in [1.807, 2.05) is 4.90 Å². The van der Waals surface area contributed by atoms with Crippen molar-refractivity contribution in [1.29, 1.82) is 0 Å². The van der Waals surface area contributed by atoms with Gasteiger partial charge in [0.2, 0.25) is 11.9 Å². The molecule has 1 aromatic heterocycles. The number of hydrogen-bond acceptors (Lipinski definition) is 5. The van der Waals surface area contributed by atoms with Gasteiger partial charge in [0.15, 0.2) is 0 Å². The van der Waals surface area contributed by atoms with Gasteiger partial charge in [-0.25, -0.2) is 4.98 Å². The summed E-state index contributed by atoms with van der Waals surface area (Å²) in [5.74, 6) is 0.0738. The second kappa shape index (κ2) is 8.86. The summed E-state index contributed by atoms with van der Waals surface area (Å²) < 4.78 is 38.4. The number of H-pyrrole nitrogens is 1. The minimum absolute atomic E-state index is 0.0989. The number of rotatable bonds is 5. The number of piperidine rings is 1. The van der Waals surface area contributed by atoms with Gasteiger partial charge in [-0.1, -0.05) is 6.07 Å². The first-order valence-electron chi connectivity index (χ1n) is 9.65. The van der Waals surface area contributed by atoms with Crippen LogP contribution in [0.3, 0.4) is 0 Å². The van der Waals surface area contributed by atoms with Gasteiger partial charge in [-0.05, 0) is 44.9 Å². The predicted octanol–water partition coefficient (Wildman–Crippen LogP) is 2.92. The molecule has 0 unspecified atom stereocenters. The van der Waals surface area contributed by atoms with E-state index in [9.17, 15) is 22.8 Å². The number of carbonyl (C=O) groups excluding carboxylic acids is 1. The smallest absolute Gasteiger partial charge is 0.353 e. The van der Waals surface area contributed by atoms with Crippen molar-refractivity contribution in [3.8, 4) is 0 Å². The molecule has 1 aliphatic rings. The number of halogens is 3. The van der Waals surface area contributed by atoms with E-state index in [2.05, 4.69) is 20.6 Å². The molecule has 0 aliphatic carbocycles. The van der Waals surface area contributed by atoms with Crippen molar-refractivity contribution in [1.82, 2.24) is 14.9 Å². The molecule has 10 heteroatoms. The number of alkyl halides is 3. The van der Waals surface area contributed by atoms with Crippen LogP contribution in [0.1, 0.15) is 29.7 Å². The van der Waals surface area contributed by atoms with Gasteiger partial charge in [-0.2, -0.15) is 13.2 Å². The average molecular weight is 423 g/mol. The van der Waals surface area contributed by atoms with E-state index in [0.29, 0.717) is 30.3 Å². The number of aromatic nitrogens is 2. The molecule has 1 fully saturated rings. The number of benzene rings is 1. The number of anilines is 2. The molecule has 1 aromatic carbocycles. The largest absolute Gasteiger partial charge is 0.416 e. The SMILES string of the molecule is Cc1nc(NC2CCN(CC(=O)Nc3cccc(C(F)(F)F)c3)CC2)[nH]c(=O)c1C. The third-order valence-electron chi connectivity index (χ3n) is 5.16. The lowest BCUT2D eigenvalue weighted by molar-refractivity contribution is -0.137. The summed E-state index contributed by atoms with van der Waals surface area (Å²) in [5.41, 5.74) is 0.405. The molecule has 1 saturated heterocycles. The summed E-state index contributed by atoms with van der Waals surface area (Å²) in [4.78, 5) is 33.1. The summed E-state index contributed by atoms with van der Waals surface area (Å²) in [6.45, 7) is 4.88. The molecular weight excluding hydrogens is 399 g/mol. The van der Waals surface area contributed by atoms with Crippen LogP contribution in [0.5, 0.6) is 0 Å². The van der Waals surface area contributed by atoms with Gasteiger partial charge in [0.25, 0.3) is 5.56 Å². The maximum atomic E-state index is 12.8. The monoisotopic (exact) mass is 423 g/mol. The fraction of sp³-hybridized carbons (Fsp3) is 0.450. The second-order valence-corrected chi connectivity index (χ2v) is 7.45. The van der Waals surface area contributed by atoms with E-state index >= 15 is 0 Å². The molecule has 2 aromatic rings. The Bertz CT molecular complexity index is 966. The molecule has 0 radical (unpaired) electrons. The van der Waals surface area contributed by atoms with Gasteiger partial charge >= 0.3 is 6.18 Å². The Morgan fingerprint density at radius 2 is 1.97 bits per heavy atom. The van der Waals surface area contributed by atoms with E-state index in [-0.39, 0.29) is 29.7 Å². The average Bonchev–Trinajstić information content (AvgIpc) is 2.67. The van der Waals surface area contributed by atoms with Gasteiger partial charge < -0.3 is 10.6 Å². The predicted molar refractivity (Wildman–Crippen MR) is 107 cm³/mol. The van der Waals surface area contributed by atoms with E-state index in [0.717, 1.165) is 25.0 Å². The van der Waals surface area contributed by atoms with Gasteiger partial charge in [0.1, 0.15) is 0 Å². The molecule has 0 spiro atoms. The molecule has 162 valence electrons. The molecule has 7 nitrogen and oxygen atoms in total. The minimum atomic E-state index is -4.45. The van der Waals surface area contributed by atoms with Crippen LogP contribution in [-0.2, 0) is 11.0 Å². The van der Waals surface area contributed by atoms with Gasteiger partial charge in [0, 0.05) is 36.1 Å². The topological polar surface area (TPSA) is 90.1 Å². The normalized spacial score (nSPS) is 15.8. The minimum Gasteiger partial charge on any atom is -0.353 e. The first-order chi connectivity index (χ1) is 14.1. The van der Waals surface area contributed by atoms with E-state index in [4.69, 9.17) is 0 Å². The van der Waals surface area contributed by atoms with Gasteiger partial charge in [-0.3, -0.25) is 19.5 Å². The van der Waals surface area contributed by atoms with Crippen molar-refractivity contribution in [3.63, 3.8) is 0 Å². The van der Waals surface area contributed by atoms with Crippen LogP contribution < -0.4 is 16.2 Å². The van der Waals surface area contributed by atoms with Crippen molar-refractivity contribution < 1.29 is 18.0 Å². The summed E-state index contributed by atoms with van der Waals surface area (Å²) in [6.07, 6.45) is -2.97. The molecule has 30 heavy (non-hydrogen) atoms. The number of aromatic amines is 1. The van der Waals surface area contributed by atoms with Crippen molar-refractivity contribution in [3.05, 3.63) is 51.4 Å². The third kappa shape index (κ3) is 5.59. The lowest BCUT2D eigenvalue weighted by Gasteiger charge is -2.32. The van der Waals surface area contributed by atoms with E-state index < -0.39 is 11.7 Å². The van der Waals surface area contributed by atoms with Crippen molar-refractivity contribution in [2.24, 2.45) is 0 Å².